The molecule has 0 saturated heterocycles. The van der Waals surface area contributed by atoms with E-state index in [0.29, 0.717) is 92.9 Å². The molecule has 7 rings (SSSR count). The van der Waals surface area contributed by atoms with Gasteiger partial charge >= 0.3 is 0 Å². The van der Waals surface area contributed by atoms with Gasteiger partial charge in [0.05, 0.1) is 33.0 Å². The van der Waals surface area contributed by atoms with Crippen LogP contribution in [0.4, 0.5) is 0 Å². The molecular weight excluding hydrogens is 1050 g/mol. The van der Waals surface area contributed by atoms with E-state index in [9.17, 15) is 5.11 Å². The van der Waals surface area contributed by atoms with Crippen molar-refractivity contribution in [2.45, 2.75) is 177 Å². The Bertz CT molecular complexity index is 2690. The maximum absolute atomic E-state index is 10.4. The lowest BCUT2D eigenvalue weighted by atomic mass is 10.2. The van der Waals surface area contributed by atoms with E-state index in [2.05, 4.69) is 27.7 Å². The molecule has 0 bridgehead atoms. The number of aliphatic hydroxyl groups is 1. The third-order valence-corrected chi connectivity index (χ3v) is 14.3. The van der Waals surface area contributed by atoms with Gasteiger partial charge in [-0.3, -0.25) is 0 Å². The molecule has 0 aromatic heterocycles. The van der Waals surface area contributed by atoms with Crippen molar-refractivity contribution in [2.24, 2.45) is 0 Å². The molecule has 11 nitrogen and oxygen atoms in total. The van der Waals surface area contributed by atoms with Gasteiger partial charge in [0.15, 0.2) is 23.0 Å². The zero-order chi connectivity index (χ0) is 58.7. The van der Waals surface area contributed by atoms with Crippen molar-refractivity contribution in [1.82, 2.24) is 0 Å². The van der Waals surface area contributed by atoms with E-state index in [1.807, 2.05) is 152 Å². The first-order valence-corrected chi connectivity index (χ1v) is 31.0. The van der Waals surface area contributed by atoms with Crippen LogP contribution in [0.5, 0.6) is 57.5 Å². The molecule has 84 heavy (non-hydrogen) atoms. The van der Waals surface area contributed by atoms with Crippen LogP contribution in [0, 0.1) is 0 Å². The summed E-state index contributed by atoms with van der Waals surface area (Å²) in [6.07, 6.45) is 18.6. The van der Waals surface area contributed by atoms with Gasteiger partial charge in [0, 0.05) is 6.07 Å². The molecule has 0 amide bonds. The predicted molar refractivity (Wildman–Crippen MR) is 336 cm³/mol. The minimum atomic E-state index is -0.191. The van der Waals surface area contributed by atoms with Gasteiger partial charge in [-0.1, -0.05) is 165 Å². The zero-order valence-corrected chi connectivity index (χ0v) is 50.6. The van der Waals surface area contributed by atoms with Crippen LogP contribution in [0.15, 0.2) is 152 Å². The Morgan fingerprint density at radius 2 is 0.500 bits per heavy atom. The van der Waals surface area contributed by atoms with Crippen LogP contribution in [0.25, 0.3) is 0 Å². The Balaban J connectivity index is 1.00. The first kappa shape index (κ1) is 64.1. The fourth-order valence-electron chi connectivity index (χ4n) is 9.22. The minimum Gasteiger partial charge on any atom is -0.494 e. The molecule has 0 aliphatic rings. The van der Waals surface area contributed by atoms with E-state index >= 15 is 0 Å². The second-order valence-electron chi connectivity index (χ2n) is 21.5. The van der Waals surface area contributed by atoms with Gasteiger partial charge in [-0.2, -0.15) is 0 Å². The number of rotatable bonds is 43. The summed E-state index contributed by atoms with van der Waals surface area (Å²) < 4.78 is 62.7. The first-order chi connectivity index (χ1) is 41.4. The predicted octanol–water partition coefficient (Wildman–Crippen LogP) is 18.5. The molecule has 0 atom stereocenters. The summed E-state index contributed by atoms with van der Waals surface area (Å²) in [5.74, 6) is 6.93. The molecule has 0 aliphatic heterocycles. The van der Waals surface area contributed by atoms with Gasteiger partial charge in [0.2, 0.25) is 0 Å². The highest BCUT2D eigenvalue weighted by atomic mass is 16.5. The minimum absolute atomic E-state index is 0.191. The molecule has 0 heterocycles. The second-order valence-corrected chi connectivity index (χ2v) is 21.5. The molecular formula is C73H92O11. The fraction of sp³-hybridized carbons (Fsp3) is 0.425. The Labute approximate surface area is 501 Å². The standard InChI is InChI=1S/C73H92O11/c1-5-9-13-17-41-75-64-31-21-57(22-32-64)51-81-70-39-29-61(47-72(70)83-53-59-25-35-66(36-26-59)77-43-19-15-11-7-3)55-79-68-45-63(50-74)46-69(49-68)80-56-62-30-40-71(82-52-58-23-33-65(34-24-58)76-42-18-14-10-6-2)73(48-62)84-54-60-27-37-67(38-28-60)78-44-20-16-12-8-4/h21-40,45-49,74H,5-20,41-44,50-56H2,1-4H3. The molecule has 0 saturated carbocycles. The Hall–Kier alpha value is -7.50. The molecule has 0 aliphatic carbocycles. The van der Waals surface area contributed by atoms with E-state index in [1.165, 1.54) is 77.0 Å². The third kappa shape index (κ3) is 23.6. The average Bonchev–Trinajstić information content (AvgIpc) is 3.70. The number of unbranched alkanes of at least 4 members (excludes halogenated alkanes) is 12. The van der Waals surface area contributed by atoms with E-state index in [0.717, 1.165) is 82.1 Å². The summed E-state index contributed by atoms with van der Waals surface area (Å²) in [5, 5.41) is 10.4. The summed E-state index contributed by atoms with van der Waals surface area (Å²) in [6.45, 7) is 13.3. The van der Waals surface area contributed by atoms with Crippen molar-refractivity contribution >= 4 is 0 Å². The zero-order valence-electron chi connectivity index (χ0n) is 50.6. The van der Waals surface area contributed by atoms with E-state index in [-0.39, 0.29) is 19.8 Å². The van der Waals surface area contributed by atoms with Crippen molar-refractivity contribution in [3.05, 3.63) is 191 Å². The highest BCUT2D eigenvalue weighted by molar-refractivity contribution is 5.46. The van der Waals surface area contributed by atoms with Gasteiger partial charge in [0.25, 0.3) is 0 Å². The van der Waals surface area contributed by atoms with Crippen LogP contribution in [0.2, 0.25) is 0 Å². The fourth-order valence-corrected chi connectivity index (χ4v) is 9.22. The molecule has 0 unspecified atom stereocenters. The summed E-state index contributed by atoms with van der Waals surface area (Å²) in [7, 11) is 0. The van der Waals surface area contributed by atoms with E-state index in [4.69, 9.17) is 47.4 Å². The van der Waals surface area contributed by atoms with Gasteiger partial charge in [0.1, 0.15) is 74.1 Å². The highest BCUT2D eigenvalue weighted by Crippen LogP contribution is 2.34. The second kappa shape index (κ2) is 37.6. The molecule has 0 radical (unpaired) electrons. The molecule has 7 aromatic rings. The van der Waals surface area contributed by atoms with Crippen LogP contribution < -0.4 is 47.4 Å². The molecule has 11 heteroatoms. The number of aliphatic hydroxyl groups excluding tert-OH is 1. The third-order valence-electron chi connectivity index (χ3n) is 14.3. The summed E-state index contributed by atoms with van der Waals surface area (Å²) in [5.41, 5.74) is 6.44. The van der Waals surface area contributed by atoms with Crippen LogP contribution in [-0.2, 0) is 46.2 Å². The SMILES string of the molecule is CCCCCCOc1ccc(COc2ccc(COc3cc(CO)cc(OCc4ccc(OCc5ccc(OCCCCCC)cc5)c(OCc5ccc(OCCCCCC)cc5)c4)c3)cc2OCc2ccc(OCCCCCC)cc2)cc1. The van der Waals surface area contributed by atoms with Crippen LogP contribution >= 0.6 is 0 Å². The number of ether oxygens (including phenoxy) is 10. The first-order valence-electron chi connectivity index (χ1n) is 31.0. The Kier molecular flexibility index (Phi) is 28.7. The number of hydrogen-bond donors (Lipinski definition) is 1. The van der Waals surface area contributed by atoms with Crippen LogP contribution in [0.3, 0.4) is 0 Å². The monoisotopic (exact) mass is 1140 g/mol. The molecule has 7 aromatic carbocycles. The summed E-state index contributed by atoms with van der Waals surface area (Å²) in [6, 6.07) is 49.5. The molecule has 1 N–H and O–H groups in total. The topological polar surface area (TPSA) is 113 Å². The number of benzene rings is 7. The van der Waals surface area contributed by atoms with E-state index in [1.54, 1.807) is 0 Å². The van der Waals surface area contributed by atoms with Crippen molar-refractivity contribution in [1.29, 1.82) is 0 Å². The highest BCUT2D eigenvalue weighted by Gasteiger charge is 2.14. The molecule has 0 fully saturated rings. The lowest BCUT2D eigenvalue weighted by molar-refractivity contribution is 0.252. The van der Waals surface area contributed by atoms with Crippen LogP contribution in [-0.4, -0.2) is 31.5 Å². The molecule has 450 valence electrons. The molecule has 0 spiro atoms. The largest absolute Gasteiger partial charge is 0.494 e. The normalized spacial score (nSPS) is 11.0. The summed E-state index contributed by atoms with van der Waals surface area (Å²) >= 11 is 0. The van der Waals surface area contributed by atoms with Gasteiger partial charge in [-0.05, 0) is 150 Å². The maximum atomic E-state index is 10.4. The Morgan fingerprint density at radius 3 is 0.786 bits per heavy atom. The van der Waals surface area contributed by atoms with Gasteiger partial charge in [-0.15, -0.1) is 0 Å². The quantitative estimate of drug-likeness (QED) is 0.0369. The van der Waals surface area contributed by atoms with E-state index < -0.39 is 0 Å². The van der Waals surface area contributed by atoms with Crippen LogP contribution in [0.1, 0.15) is 169 Å². The van der Waals surface area contributed by atoms with Crippen molar-refractivity contribution in [3.63, 3.8) is 0 Å². The Morgan fingerprint density at radius 1 is 0.226 bits per heavy atom. The average molecular weight is 1150 g/mol. The summed E-state index contributed by atoms with van der Waals surface area (Å²) in [4.78, 5) is 0. The maximum Gasteiger partial charge on any atom is 0.162 e. The van der Waals surface area contributed by atoms with Crippen molar-refractivity contribution in [2.75, 3.05) is 26.4 Å². The van der Waals surface area contributed by atoms with Crippen molar-refractivity contribution < 1.29 is 52.5 Å². The number of hydrogen-bond acceptors (Lipinski definition) is 11. The lowest BCUT2D eigenvalue weighted by Crippen LogP contribution is -2.04. The lowest BCUT2D eigenvalue weighted by Gasteiger charge is -2.16. The smallest absolute Gasteiger partial charge is 0.162 e. The van der Waals surface area contributed by atoms with Gasteiger partial charge in [-0.25, -0.2) is 0 Å². The van der Waals surface area contributed by atoms with Crippen molar-refractivity contribution in [3.8, 4) is 57.5 Å². The van der Waals surface area contributed by atoms with Gasteiger partial charge < -0.3 is 52.5 Å².